The molecule has 3 aromatic rings. The van der Waals surface area contributed by atoms with E-state index in [1.165, 1.54) is 10.6 Å². The Labute approximate surface area is 175 Å². The van der Waals surface area contributed by atoms with Gasteiger partial charge in [0.25, 0.3) is 0 Å². The first-order valence-corrected chi connectivity index (χ1v) is 11.7. The normalized spacial score (nSPS) is 11.5. The number of hydroxylamine groups is 1. The van der Waals surface area contributed by atoms with Crippen molar-refractivity contribution in [2.75, 3.05) is 17.1 Å². The van der Waals surface area contributed by atoms with Crippen LogP contribution >= 0.6 is 0 Å². The lowest BCUT2D eigenvalue weighted by Gasteiger charge is -2.22. The summed E-state index contributed by atoms with van der Waals surface area (Å²) < 4.78 is 25.9. The van der Waals surface area contributed by atoms with Crippen molar-refractivity contribution >= 4 is 32.5 Å². The van der Waals surface area contributed by atoms with Crippen LogP contribution in [0.3, 0.4) is 0 Å². The number of aromatic amines is 1. The fraction of sp³-hybridized carbons (Fsp3) is 0.333. The molecule has 0 fully saturated rings. The Morgan fingerprint density at radius 3 is 2.63 bits per heavy atom. The highest BCUT2D eigenvalue weighted by atomic mass is 32.2. The number of carbonyl (C=O) groups excluding carboxylic acids is 1. The van der Waals surface area contributed by atoms with E-state index in [9.17, 15) is 13.2 Å². The highest BCUT2D eigenvalue weighted by Crippen LogP contribution is 2.25. The summed E-state index contributed by atoms with van der Waals surface area (Å²) in [5.74, 6) is -0.408. The van der Waals surface area contributed by atoms with E-state index < -0.39 is 15.9 Å². The molecule has 1 amide bonds. The standard InChI is InChI=1S/C21H26N4O4S/c1-30(28,29)25(13-5-3-2-4-6-21(26)24-27)18-9-10-19(23-15-18)17-8-7-16-11-12-22-20(16)14-17/h7-12,14-15,22,27H,2-6,13H2,1H3,(H,24,26). The predicted molar refractivity (Wildman–Crippen MR) is 117 cm³/mol. The number of nitrogens with one attached hydrogen (secondary N) is 2. The number of hydrogen-bond acceptors (Lipinski definition) is 5. The summed E-state index contributed by atoms with van der Waals surface area (Å²) in [4.78, 5) is 18.6. The van der Waals surface area contributed by atoms with Crippen LogP contribution < -0.4 is 9.79 Å². The second-order valence-corrected chi connectivity index (χ2v) is 9.12. The van der Waals surface area contributed by atoms with Gasteiger partial charge in [-0.2, -0.15) is 0 Å². The van der Waals surface area contributed by atoms with Gasteiger partial charge in [0.05, 0.1) is 23.8 Å². The molecule has 0 aliphatic heterocycles. The van der Waals surface area contributed by atoms with Gasteiger partial charge in [0.15, 0.2) is 0 Å². The Bertz CT molecular complexity index is 1090. The van der Waals surface area contributed by atoms with E-state index in [0.29, 0.717) is 25.1 Å². The SMILES string of the molecule is CS(=O)(=O)N(CCCCCCC(=O)NO)c1ccc(-c2ccc3cc[nH]c3c2)nc1. The molecule has 0 saturated carbocycles. The Morgan fingerprint density at radius 1 is 1.13 bits per heavy atom. The lowest BCUT2D eigenvalue weighted by Crippen LogP contribution is -2.31. The van der Waals surface area contributed by atoms with Gasteiger partial charge >= 0.3 is 0 Å². The smallest absolute Gasteiger partial charge is 0.243 e. The number of amides is 1. The van der Waals surface area contributed by atoms with Crippen LogP contribution in [0.25, 0.3) is 22.2 Å². The van der Waals surface area contributed by atoms with E-state index in [1.807, 2.05) is 36.5 Å². The molecule has 1 aromatic carbocycles. The van der Waals surface area contributed by atoms with Crippen LogP contribution in [0.1, 0.15) is 32.1 Å². The number of nitrogens with zero attached hydrogens (tertiary/aromatic N) is 2. The molecule has 30 heavy (non-hydrogen) atoms. The number of fused-ring (bicyclic) bond motifs is 1. The number of H-pyrrole nitrogens is 1. The molecule has 2 aromatic heterocycles. The van der Waals surface area contributed by atoms with Crippen LogP contribution in [0.2, 0.25) is 0 Å². The summed E-state index contributed by atoms with van der Waals surface area (Å²) >= 11 is 0. The third kappa shape index (κ3) is 5.58. The predicted octanol–water partition coefficient (Wildman–Crippen LogP) is 3.45. The quantitative estimate of drug-likeness (QED) is 0.259. The van der Waals surface area contributed by atoms with Crippen LogP contribution in [-0.4, -0.2) is 42.3 Å². The van der Waals surface area contributed by atoms with Crippen molar-refractivity contribution in [2.45, 2.75) is 32.1 Å². The minimum atomic E-state index is -3.44. The van der Waals surface area contributed by atoms with E-state index in [-0.39, 0.29) is 6.42 Å². The second-order valence-electron chi connectivity index (χ2n) is 7.22. The largest absolute Gasteiger partial charge is 0.361 e. The average Bonchev–Trinajstić information content (AvgIpc) is 3.20. The van der Waals surface area contributed by atoms with E-state index in [4.69, 9.17) is 5.21 Å². The lowest BCUT2D eigenvalue weighted by atomic mass is 10.1. The zero-order valence-corrected chi connectivity index (χ0v) is 17.7. The topological polar surface area (TPSA) is 115 Å². The zero-order valence-electron chi connectivity index (χ0n) is 16.8. The molecule has 0 unspecified atom stereocenters. The highest BCUT2D eigenvalue weighted by molar-refractivity contribution is 7.92. The van der Waals surface area contributed by atoms with Gasteiger partial charge in [0.2, 0.25) is 15.9 Å². The van der Waals surface area contributed by atoms with Crippen molar-refractivity contribution in [2.24, 2.45) is 0 Å². The average molecular weight is 431 g/mol. The Kier molecular flexibility index (Phi) is 7.07. The second kappa shape index (κ2) is 9.73. The lowest BCUT2D eigenvalue weighted by molar-refractivity contribution is -0.129. The van der Waals surface area contributed by atoms with E-state index in [0.717, 1.165) is 35.0 Å². The van der Waals surface area contributed by atoms with Crippen LogP contribution in [-0.2, 0) is 14.8 Å². The van der Waals surface area contributed by atoms with Gasteiger partial charge in [-0.25, -0.2) is 13.9 Å². The molecule has 9 heteroatoms. The summed E-state index contributed by atoms with van der Waals surface area (Å²) in [5, 5.41) is 9.60. The van der Waals surface area contributed by atoms with Crippen LogP contribution in [0.15, 0.2) is 48.8 Å². The molecule has 0 spiro atoms. The number of unbranched alkanes of at least 4 members (excludes halogenated alkanes) is 3. The molecule has 0 radical (unpaired) electrons. The summed E-state index contributed by atoms with van der Waals surface area (Å²) in [7, 11) is -3.44. The molecule has 0 atom stereocenters. The van der Waals surface area contributed by atoms with Crippen LogP contribution in [0, 0.1) is 0 Å². The molecule has 160 valence electrons. The third-order valence-corrected chi connectivity index (χ3v) is 6.12. The minimum absolute atomic E-state index is 0.256. The first kappa shape index (κ1) is 21.8. The van der Waals surface area contributed by atoms with Crippen molar-refractivity contribution in [3.8, 4) is 11.3 Å². The molecule has 3 N–H and O–H groups in total. The van der Waals surface area contributed by atoms with Gasteiger partial charge in [-0.3, -0.25) is 19.3 Å². The molecule has 0 aliphatic rings. The van der Waals surface area contributed by atoms with Crippen LogP contribution in [0.5, 0.6) is 0 Å². The molecule has 0 aliphatic carbocycles. The van der Waals surface area contributed by atoms with E-state index in [1.54, 1.807) is 17.7 Å². The van der Waals surface area contributed by atoms with Crippen molar-refractivity contribution in [3.63, 3.8) is 0 Å². The van der Waals surface area contributed by atoms with Crippen molar-refractivity contribution in [1.29, 1.82) is 0 Å². The number of pyridine rings is 1. The van der Waals surface area contributed by atoms with Gasteiger partial charge < -0.3 is 4.98 Å². The van der Waals surface area contributed by atoms with E-state index in [2.05, 4.69) is 9.97 Å². The maximum absolute atomic E-state index is 12.3. The molecule has 0 saturated heterocycles. The Balaban J connectivity index is 1.63. The van der Waals surface area contributed by atoms with Crippen molar-refractivity contribution in [3.05, 3.63) is 48.8 Å². The molecule has 8 nitrogen and oxygen atoms in total. The summed E-state index contributed by atoms with van der Waals surface area (Å²) in [5.41, 5.74) is 4.88. The molecule has 0 bridgehead atoms. The van der Waals surface area contributed by atoms with Gasteiger partial charge in [-0.1, -0.05) is 25.0 Å². The number of sulfonamides is 1. The van der Waals surface area contributed by atoms with Gasteiger partial charge in [-0.15, -0.1) is 0 Å². The van der Waals surface area contributed by atoms with Crippen molar-refractivity contribution in [1.82, 2.24) is 15.4 Å². The molecular weight excluding hydrogens is 404 g/mol. The van der Waals surface area contributed by atoms with Crippen molar-refractivity contribution < 1.29 is 18.4 Å². The maximum Gasteiger partial charge on any atom is 0.243 e. The first-order chi connectivity index (χ1) is 14.4. The summed E-state index contributed by atoms with van der Waals surface area (Å²) in [6, 6.07) is 11.6. The fourth-order valence-electron chi connectivity index (χ4n) is 3.35. The molecule has 3 rings (SSSR count). The van der Waals surface area contributed by atoms with Crippen LogP contribution in [0.4, 0.5) is 5.69 Å². The number of hydrogen-bond donors (Lipinski definition) is 3. The monoisotopic (exact) mass is 430 g/mol. The zero-order chi connectivity index (χ0) is 21.6. The maximum atomic E-state index is 12.3. The Morgan fingerprint density at radius 2 is 1.93 bits per heavy atom. The number of carbonyl (C=O) groups is 1. The number of rotatable bonds is 10. The van der Waals surface area contributed by atoms with Gasteiger partial charge in [0, 0.05) is 30.2 Å². The number of anilines is 1. The molecular formula is C21H26N4O4S. The minimum Gasteiger partial charge on any atom is -0.361 e. The summed E-state index contributed by atoms with van der Waals surface area (Å²) in [6.45, 7) is 0.348. The summed E-state index contributed by atoms with van der Waals surface area (Å²) in [6.07, 6.45) is 7.79. The fourth-order valence-corrected chi connectivity index (χ4v) is 4.30. The van der Waals surface area contributed by atoms with Gasteiger partial charge in [0.1, 0.15) is 0 Å². The third-order valence-electron chi connectivity index (χ3n) is 4.93. The highest BCUT2D eigenvalue weighted by Gasteiger charge is 2.17. The number of benzene rings is 1. The number of aromatic nitrogens is 2. The van der Waals surface area contributed by atoms with E-state index >= 15 is 0 Å². The first-order valence-electron chi connectivity index (χ1n) is 9.83. The van der Waals surface area contributed by atoms with Gasteiger partial charge in [-0.05, 0) is 42.5 Å². The Hall–Kier alpha value is -2.91. The molecule has 2 heterocycles.